The van der Waals surface area contributed by atoms with E-state index in [0.717, 1.165) is 28.4 Å². The summed E-state index contributed by atoms with van der Waals surface area (Å²) in [5.74, 6) is 2.33. The molecule has 0 spiro atoms. The van der Waals surface area contributed by atoms with Crippen LogP contribution < -0.4 is 14.2 Å². The van der Waals surface area contributed by atoms with E-state index in [-0.39, 0.29) is 6.61 Å². The van der Waals surface area contributed by atoms with E-state index in [9.17, 15) is 0 Å². The van der Waals surface area contributed by atoms with Crippen LogP contribution in [-0.4, -0.2) is 32.5 Å². The highest BCUT2D eigenvalue weighted by Gasteiger charge is 1.99. The molecule has 0 saturated heterocycles. The molecule has 122 valence electrons. The molecule has 0 atom stereocenters. The zero-order chi connectivity index (χ0) is 16.5. The number of benzene rings is 2. The molecule has 4 nitrogen and oxygen atoms in total. The van der Waals surface area contributed by atoms with Crippen molar-refractivity contribution in [3.63, 3.8) is 0 Å². The zero-order valence-electron chi connectivity index (χ0n) is 13.5. The molecule has 4 heteroatoms. The Morgan fingerprint density at radius 1 is 0.826 bits per heavy atom. The topological polar surface area (TPSA) is 47.9 Å². The highest BCUT2D eigenvalue weighted by molar-refractivity contribution is 5.71. The van der Waals surface area contributed by atoms with Gasteiger partial charge < -0.3 is 19.3 Å². The highest BCUT2D eigenvalue weighted by atomic mass is 16.5. The molecule has 0 aliphatic carbocycles. The minimum Gasteiger partial charge on any atom is -0.497 e. The number of ether oxygens (including phenoxy) is 3. The molecule has 2 aromatic carbocycles. The van der Waals surface area contributed by atoms with Crippen LogP contribution >= 0.6 is 0 Å². The Kier molecular flexibility index (Phi) is 6.51. The fourth-order valence-corrected chi connectivity index (χ4v) is 2.05. The largest absolute Gasteiger partial charge is 0.497 e. The Bertz CT molecular complexity index is 610. The van der Waals surface area contributed by atoms with Crippen molar-refractivity contribution in [1.29, 1.82) is 0 Å². The molecule has 0 saturated carbocycles. The van der Waals surface area contributed by atoms with E-state index >= 15 is 0 Å². The zero-order valence-corrected chi connectivity index (χ0v) is 13.5. The Balaban J connectivity index is 2.05. The number of aliphatic hydroxyl groups excluding tert-OH is 1. The van der Waals surface area contributed by atoms with Gasteiger partial charge in [-0.3, -0.25) is 0 Å². The first-order valence-corrected chi connectivity index (χ1v) is 7.50. The van der Waals surface area contributed by atoms with E-state index < -0.39 is 0 Å². The standard InChI is InChI=1S/C19H22O4/c1-21-18-12-16(13-19(14-18)22-2)5-4-15-6-8-17(9-7-15)23-11-3-10-20/h4-9,12-14,20H,3,10-11H2,1-2H3/b5-4+. The number of rotatable bonds is 8. The summed E-state index contributed by atoms with van der Waals surface area (Å²) in [7, 11) is 3.27. The van der Waals surface area contributed by atoms with Crippen molar-refractivity contribution in [3.8, 4) is 17.2 Å². The summed E-state index contributed by atoms with van der Waals surface area (Å²) < 4.78 is 16.0. The van der Waals surface area contributed by atoms with Crippen LogP contribution in [0.15, 0.2) is 42.5 Å². The minimum absolute atomic E-state index is 0.144. The Morgan fingerprint density at radius 3 is 2.00 bits per heavy atom. The van der Waals surface area contributed by atoms with Crippen molar-refractivity contribution < 1.29 is 19.3 Å². The summed E-state index contributed by atoms with van der Waals surface area (Å²) in [5, 5.41) is 8.73. The van der Waals surface area contributed by atoms with E-state index in [1.54, 1.807) is 14.2 Å². The molecule has 0 aliphatic heterocycles. The molecule has 0 aromatic heterocycles. The molecule has 2 rings (SSSR count). The SMILES string of the molecule is COc1cc(/C=C/c2ccc(OCCCO)cc2)cc(OC)c1. The molecule has 0 amide bonds. The maximum atomic E-state index is 8.73. The van der Waals surface area contributed by atoms with Crippen molar-refractivity contribution in [3.05, 3.63) is 53.6 Å². The number of hydrogen-bond donors (Lipinski definition) is 1. The lowest BCUT2D eigenvalue weighted by Crippen LogP contribution is -1.99. The summed E-state index contributed by atoms with van der Waals surface area (Å²) in [4.78, 5) is 0. The lowest BCUT2D eigenvalue weighted by atomic mass is 10.1. The normalized spacial score (nSPS) is 10.7. The molecular formula is C19H22O4. The lowest BCUT2D eigenvalue weighted by Gasteiger charge is -2.06. The van der Waals surface area contributed by atoms with Gasteiger partial charge in [0.2, 0.25) is 0 Å². The van der Waals surface area contributed by atoms with Gasteiger partial charge in [-0.05, 0) is 35.4 Å². The lowest BCUT2D eigenvalue weighted by molar-refractivity contribution is 0.233. The first kappa shape index (κ1) is 16.9. The van der Waals surface area contributed by atoms with Crippen molar-refractivity contribution in [2.75, 3.05) is 27.4 Å². The summed E-state index contributed by atoms with van der Waals surface area (Å²) in [6, 6.07) is 13.6. The highest BCUT2D eigenvalue weighted by Crippen LogP contribution is 2.24. The van der Waals surface area contributed by atoms with Gasteiger partial charge in [0.05, 0.1) is 20.8 Å². The average molecular weight is 314 g/mol. The second-order valence-corrected chi connectivity index (χ2v) is 4.97. The van der Waals surface area contributed by atoms with Gasteiger partial charge in [-0.25, -0.2) is 0 Å². The van der Waals surface area contributed by atoms with Gasteiger partial charge in [-0.1, -0.05) is 24.3 Å². The van der Waals surface area contributed by atoms with E-state index in [4.69, 9.17) is 19.3 Å². The van der Waals surface area contributed by atoms with Gasteiger partial charge in [-0.2, -0.15) is 0 Å². The summed E-state index contributed by atoms with van der Waals surface area (Å²) in [6.45, 7) is 0.667. The molecule has 0 radical (unpaired) electrons. The molecule has 0 bridgehead atoms. The van der Waals surface area contributed by atoms with Crippen LogP contribution in [0.25, 0.3) is 12.2 Å². The maximum Gasteiger partial charge on any atom is 0.123 e. The van der Waals surface area contributed by atoms with Crippen molar-refractivity contribution in [1.82, 2.24) is 0 Å². The summed E-state index contributed by atoms with van der Waals surface area (Å²) in [5.41, 5.74) is 2.07. The van der Waals surface area contributed by atoms with Crippen LogP contribution in [0, 0.1) is 0 Å². The Labute approximate surface area is 136 Å². The van der Waals surface area contributed by atoms with Gasteiger partial charge in [0.1, 0.15) is 17.2 Å². The molecule has 0 heterocycles. The Morgan fingerprint density at radius 2 is 1.43 bits per heavy atom. The van der Waals surface area contributed by atoms with Gasteiger partial charge in [0.15, 0.2) is 0 Å². The molecule has 23 heavy (non-hydrogen) atoms. The van der Waals surface area contributed by atoms with Crippen molar-refractivity contribution in [2.24, 2.45) is 0 Å². The van der Waals surface area contributed by atoms with Crippen LogP contribution in [0.1, 0.15) is 17.5 Å². The third-order valence-electron chi connectivity index (χ3n) is 3.29. The second kappa shape index (κ2) is 8.86. The fraction of sp³-hybridized carbons (Fsp3) is 0.263. The molecule has 0 unspecified atom stereocenters. The summed E-state index contributed by atoms with van der Waals surface area (Å²) in [6.07, 6.45) is 4.66. The van der Waals surface area contributed by atoms with E-state index in [2.05, 4.69) is 0 Å². The van der Waals surface area contributed by atoms with E-state index in [1.807, 2.05) is 54.6 Å². The van der Waals surface area contributed by atoms with Crippen molar-refractivity contribution in [2.45, 2.75) is 6.42 Å². The van der Waals surface area contributed by atoms with E-state index in [1.165, 1.54) is 0 Å². The minimum atomic E-state index is 0.144. The smallest absolute Gasteiger partial charge is 0.123 e. The Hall–Kier alpha value is -2.46. The number of hydrogen-bond acceptors (Lipinski definition) is 4. The molecule has 0 aliphatic rings. The third-order valence-corrected chi connectivity index (χ3v) is 3.29. The predicted octanol–water partition coefficient (Wildman–Crippen LogP) is 3.64. The summed E-state index contributed by atoms with van der Waals surface area (Å²) >= 11 is 0. The molecular weight excluding hydrogens is 292 g/mol. The number of methoxy groups -OCH3 is 2. The van der Waals surface area contributed by atoms with Crippen LogP contribution in [-0.2, 0) is 0 Å². The van der Waals surface area contributed by atoms with Gasteiger partial charge >= 0.3 is 0 Å². The van der Waals surface area contributed by atoms with Crippen LogP contribution in [0.2, 0.25) is 0 Å². The van der Waals surface area contributed by atoms with Crippen molar-refractivity contribution >= 4 is 12.2 Å². The van der Waals surface area contributed by atoms with Gasteiger partial charge in [0, 0.05) is 19.1 Å². The second-order valence-electron chi connectivity index (χ2n) is 4.97. The monoisotopic (exact) mass is 314 g/mol. The maximum absolute atomic E-state index is 8.73. The molecule has 0 fully saturated rings. The predicted molar refractivity (Wildman–Crippen MR) is 92.1 cm³/mol. The number of aliphatic hydroxyl groups is 1. The van der Waals surface area contributed by atoms with E-state index in [0.29, 0.717) is 13.0 Å². The molecule has 1 N–H and O–H groups in total. The molecule has 2 aromatic rings. The average Bonchev–Trinajstić information content (AvgIpc) is 2.61. The van der Waals surface area contributed by atoms with Crippen LogP contribution in [0.5, 0.6) is 17.2 Å². The third kappa shape index (κ3) is 5.34. The van der Waals surface area contributed by atoms with Crippen LogP contribution in [0.3, 0.4) is 0 Å². The first-order valence-electron chi connectivity index (χ1n) is 7.50. The van der Waals surface area contributed by atoms with Gasteiger partial charge in [0.25, 0.3) is 0 Å². The first-order chi connectivity index (χ1) is 11.2. The van der Waals surface area contributed by atoms with Crippen LogP contribution in [0.4, 0.5) is 0 Å². The quantitative estimate of drug-likeness (QED) is 0.597. The fourth-order valence-electron chi connectivity index (χ4n) is 2.05. The van der Waals surface area contributed by atoms with Gasteiger partial charge in [-0.15, -0.1) is 0 Å².